The Balaban J connectivity index is 1.25. The Bertz CT molecular complexity index is 1680. The van der Waals surface area contributed by atoms with Gasteiger partial charge in [0.25, 0.3) is 5.91 Å². The van der Waals surface area contributed by atoms with Crippen LogP contribution in [0, 0.1) is 24.2 Å². The van der Waals surface area contributed by atoms with Crippen molar-refractivity contribution in [2.75, 3.05) is 13.2 Å². The maximum absolute atomic E-state index is 15.2. The van der Waals surface area contributed by atoms with Crippen LogP contribution in [-0.4, -0.2) is 65.2 Å². The van der Waals surface area contributed by atoms with E-state index in [1.807, 2.05) is 11.6 Å². The average Bonchev–Trinajstić information content (AvgIpc) is 3.49. The fraction of sp³-hybridized carbons (Fsp3) is 0.370. The summed E-state index contributed by atoms with van der Waals surface area (Å²) in [6.45, 7) is 2.62. The van der Waals surface area contributed by atoms with Gasteiger partial charge in [-0.25, -0.2) is 13.3 Å². The summed E-state index contributed by atoms with van der Waals surface area (Å²) in [7, 11) is 0. The minimum absolute atomic E-state index is 0.0273. The molecule has 11 nitrogen and oxygen atoms in total. The molecular formula is C27H25ClF2N8O3. The maximum atomic E-state index is 15.2. The van der Waals surface area contributed by atoms with E-state index in [0.717, 1.165) is 17.5 Å². The lowest BCUT2D eigenvalue weighted by Crippen LogP contribution is -2.59. The zero-order chi connectivity index (χ0) is 28.9. The number of halogens is 3. The summed E-state index contributed by atoms with van der Waals surface area (Å²) < 4.78 is 37.8. The zero-order valence-corrected chi connectivity index (χ0v) is 22.6. The van der Waals surface area contributed by atoms with E-state index in [9.17, 15) is 14.3 Å². The number of aliphatic hydroxyl groups is 1. The van der Waals surface area contributed by atoms with Gasteiger partial charge in [0.15, 0.2) is 11.9 Å². The third kappa shape index (κ3) is 4.83. The predicted octanol–water partition coefficient (Wildman–Crippen LogP) is 3.09. The van der Waals surface area contributed by atoms with Crippen molar-refractivity contribution in [3.05, 3.63) is 64.6 Å². The summed E-state index contributed by atoms with van der Waals surface area (Å²) in [5.74, 6) is -0.737. The van der Waals surface area contributed by atoms with Gasteiger partial charge in [-0.05, 0) is 25.1 Å². The van der Waals surface area contributed by atoms with Crippen LogP contribution in [0.25, 0.3) is 16.8 Å². The van der Waals surface area contributed by atoms with Crippen molar-refractivity contribution in [3.8, 4) is 23.2 Å². The van der Waals surface area contributed by atoms with Gasteiger partial charge in [-0.15, -0.1) is 0 Å². The molecule has 6 rings (SSSR count). The number of rotatable bonds is 7. The van der Waals surface area contributed by atoms with Crippen LogP contribution in [0.5, 0.6) is 5.75 Å². The first-order valence-electron chi connectivity index (χ1n) is 13.0. The smallest absolute Gasteiger partial charge is 0.260 e. The first-order valence-corrected chi connectivity index (χ1v) is 13.3. The van der Waals surface area contributed by atoms with Crippen molar-refractivity contribution in [2.45, 2.75) is 50.7 Å². The molecule has 5 heterocycles. The van der Waals surface area contributed by atoms with E-state index in [1.165, 1.54) is 23.2 Å². The van der Waals surface area contributed by atoms with Crippen molar-refractivity contribution in [3.63, 3.8) is 0 Å². The second-order valence-corrected chi connectivity index (χ2v) is 10.7. The maximum Gasteiger partial charge on any atom is 0.260 e. The molecule has 4 aromatic rings. The van der Waals surface area contributed by atoms with Crippen LogP contribution < -0.4 is 10.1 Å². The number of hydrogen-bond donors (Lipinski definition) is 2. The summed E-state index contributed by atoms with van der Waals surface area (Å²) in [5.41, 5.74) is 1.66. The van der Waals surface area contributed by atoms with Crippen LogP contribution in [0.15, 0.2) is 36.8 Å². The Labute approximate surface area is 237 Å². The van der Waals surface area contributed by atoms with Crippen molar-refractivity contribution < 1.29 is 23.4 Å². The van der Waals surface area contributed by atoms with Crippen molar-refractivity contribution >= 4 is 23.0 Å². The molecule has 1 aliphatic carbocycles. The molecule has 2 N–H and O–H groups in total. The van der Waals surface area contributed by atoms with Gasteiger partial charge in [0.1, 0.15) is 29.8 Å². The van der Waals surface area contributed by atoms with Crippen LogP contribution >= 0.6 is 11.6 Å². The number of hydrogen-bond acceptors (Lipinski definition) is 8. The largest absolute Gasteiger partial charge is 0.488 e. The molecule has 1 unspecified atom stereocenters. The Morgan fingerprint density at radius 2 is 2.17 bits per heavy atom. The second-order valence-electron chi connectivity index (χ2n) is 10.3. The van der Waals surface area contributed by atoms with Gasteiger partial charge < -0.3 is 20.1 Å². The topological polar surface area (TPSA) is 134 Å². The molecule has 1 fully saturated rings. The lowest BCUT2D eigenvalue weighted by Gasteiger charge is -2.42. The number of nitrogens with one attached hydrogen (secondary N) is 1. The van der Waals surface area contributed by atoms with Gasteiger partial charge >= 0.3 is 0 Å². The number of nitriles is 1. The molecule has 212 valence electrons. The van der Waals surface area contributed by atoms with Gasteiger partial charge in [0.2, 0.25) is 0 Å². The van der Waals surface area contributed by atoms with Crippen LogP contribution in [-0.2, 0) is 17.9 Å². The number of ether oxygens (including phenoxy) is 1. The van der Waals surface area contributed by atoms with Crippen molar-refractivity contribution in [2.24, 2.45) is 0 Å². The van der Waals surface area contributed by atoms with Gasteiger partial charge in [0.05, 0.1) is 47.6 Å². The van der Waals surface area contributed by atoms with E-state index in [0.29, 0.717) is 40.6 Å². The predicted molar refractivity (Wildman–Crippen MR) is 142 cm³/mol. The first-order chi connectivity index (χ1) is 19.7. The van der Waals surface area contributed by atoms with Gasteiger partial charge in [-0.2, -0.15) is 15.5 Å². The Morgan fingerprint density at radius 1 is 1.37 bits per heavy atom. The Morgan fingerprint density at radius 3 is 2.90 bits per heavy atom. The van der Waals surface area contributed by atoms with E-state index in [2.05, 4.69) is 15.4 Å². The van der Waals surface area contributed by atoms with Gasteiger partial charge in [0, 0.05) is 42.8 Å². The normalized spacial score (nSPS) is 20.7. The zero-order valence-electron chi connectivity index (χ0n) is 21.9. The highest BCUT2D eigenvalue weighted by molar-refractivity contribution is 6.34. The Kier molecular flexibility index (Phi) is 6.75. The summed E-state index contributed by atoms with van der Waals surface area (Å²) in [4.78, 5) is 18.4. The molecule has 1 saturated carbocycles. The number of aromatic nitrogens is 5. The summed E-state index contributed by atoms with van der Waals surface area (Å²) in [5, 5.41) is 31.2. The van der Waals surface area contributed by atoms with E-state index in [4.69, 9.17) is 26.7 Å². The molecule has 0 spiro atoms. The second kappa shape index (κ2) is 10.3. The molecule has 4 aromatic heterocycles. The monoisotopic (exact) mass is 582 g/mol. The number of fused-ring (bicyclic) bond motifs is 2. The van der Waals surface area contributed by atoms with Crippen LogP contribution in [0.2, 0.25) is 5.02 Å². The molecular weight excluding hydrogens is 558 g/mol. The van der Waals surface area contributed by atoms with Gasteiger partial charge in [-0.1, -0.05) is 11.6 Å². The molecule has 0 radical (unpaired) electrons. The first kappa shape index (κ1) is 26.9. The summed E-state index contributed by atoms with van der Waals surface area (Å²) in [6, 6.07) is 4.00. The molecule has 0 aromatic carbocycles. The SMILES string of the molecule is Cc1c(-c2cc(OCC(O)c3ccc(F)cn3)c3c(Cl)cnn3c2)nn2c1CN(C(=O)C1(F)CC(NC#N)C1)CC2. The molecule has 1 aliphatic heterocycles. The number of carbonyl (C=O) groups is 1. The number of alkyl halides is 1. The van der Waals surface area contributed by atoms with E-state index < -0.39 is 23.5 Å². The molecule has 14 heteroatoms. The molecule has 2 aliphatic rings. The minimum Gasteiger partial charge on any atom is -0.488 e. The lowest BCUT2D eigenvalue weighted by molar-refractivity contribution is -0.153. The van der Waals surface area contributed by atoms with Crippen molar-refractivity contribution in [1.82, 2.24) is 34.6 Å². The Hall–Kier alpha value is -4.28. The molecule has 1 amide bonds. The third-order valence-corrected chi connectivity index (χ3v) is 7.89. The van der Waals surface area contributed by atoms with Gasteiger partial charge in [-0.3, -0.25) is 14.5 Å². The van der Waals surface area contributed by atoms with E-state index in [-0.39, 0.29) is 37.7 Å². The number of amides is 1. The van der Waals surface area contributed by atoms with Crippen LogP contribution in [0.4, 0.5) is 8.78 Å². The van der Waals surface area contributed by atoms with Crippen LogP contribution in [0.1, 0.15) is 35.9 Å². The number of nitrogens with zero attached hydrogens (tertiary/aromatic N) is 7. The lowest BCUT2D eigenvalue weighted by atomic mass is 9.76. The summed E-state index contributed by atoms with van der Waals surface area (Å²) >= 11 is 6.38. The standard InChI is InChI=1S/C27H25ClF2N8O3/c1-15-21-12-36(26(40)27(30)7-18(8-27)33-14-31)4-5-37(21)35-24(15)16-6-23(25-19(28)10-34-38(25)11-16)41-13-22(39)20-3-2-17(29)9-32-20/h2-3,6,9-11,18,22,33,39H,4-5,7-8,12-13H2,1H3. The van der Waals surface area contributed by atoms with E-state index >= 15 is 4.39 Å². The van der Waals surface area contributed by atoms with E-state index in [1.54, 1.807) is 23.0 Å². The highest BCUT2D eigenvalue weighted by atomic mass is 35.5. The number of aliphatic hydroxyl groups excluding tert-OH is 1. The fourth-order valence-electron chi connectivity index (χ4n) is 5.39. The van der Waals surface area contributed by atoms with Crippen LogP contribution in [0.3, 0.4) is 0 Å². The van der Waals surface area contributed by atoms with Crippen molar-refractivity contribution in [1.29, 1.82) is 5.26 Å². The molecule has 1 atom stereocenters. The number of carbonyl (C=O) groups excluding carboxylic acids is 1. The molecule has 41 heavy (non-hydrogen) atoms. The summed E-state index contributed by atoms with van der Waals surface area (Å²) in [6.07, 6.45) is 4.88. The quantitative estimate of drug-likeness (QED) is 0.251. The molecule has 0 saturated heterocycles. The molecule has 0 bridgehead atoms. The number of pyridine rings is 2. The highest BCUT2D eigenvalue weighted by Crippen LogP contribution is 2.39. The third-order valence-electron chi connectivity index (χ3n) is 7.62. The fourth-order valence-corrected chi connectivity index (χ4v) is 5.62. The minimum atomic E-state index is -1.97. The highest BCUT2D eigenvalue weighted by Gasteiger charge is 2.53. The average molecular weight is 583 g/mol.